The van der Waals surface area contributed by atoms with Crippen molar-refractivity contribution in [2.75, 3.05) is 14.1 Å². The molecule has 3 atom stereocenters. The molecular weight excluding hydrogens is 154 g/mol. The largest absolute Gasteiger partial charge is 0.367 e. The number of fused-ring (bicyclic) bond motifs is 2. The summed E-state index contributed by atoms with van der Waals surface area (Å²) in [4.78, 5) is 13.7. The van der Waals surface area contributed by atoms with Gasteiger partial charge in [0.2, 0.25) is 0 Å². The lowest BCUT2D eigenvalue weighted by atomic mass is 10.0. The molecule has 3 heteroatoms. The van der Waals surface area contributed by atoms with Gasteiger partial charge in [0.05, 0.1) is 12.1 Å². The molecule has 0 aromatic heterocycles. The van der Waals surface area contributed by atoms with Gasteiger partial charge in [-0.1, -0.05) is 0 Å². The number of nitrogens with zero attached hydrogens (tertiary/aromatic N) is 1. The molecule has 2 aliphatic rings. The van der Waals surface area contributed by atoms with Crippen LogP contribution in [0.5, 0.6) is 0 Å². The zero-order valence-corrected chi connectivity index (χ0v) is 7.62. The van der Waals surface area contributed by atoms with Crippen LogP contribution in [0.25, 0.3) is 0 Å². The zero-order valence-electron chi connectivity index (χ0n) is 7.62. The first-order valence-electron chi connectivity index (χ1n) is 4.54. The molecule has 2 fully saturated rings. The Bertz CT molecular complexity index is 203. The van der Waals surface area contributed by atoms with Gasteiger partial charge in [-0.05, 0) is 33.4 Å². The second kappa shape index (κ2) is 2.82. The fourth-order valence-corrected chi connectivity index (χ4v) is 2.13. The normalized spacial score (nSPS) is 40.9. The standard InChI is InChI=1S/C9H15NO2/c1-10(2)7-5-6-3-4-8(12-6)9(7)11/h6-8H,3-5H2,1-2H3. The van der Waals surface area contributed by atoms with E-state index in [1.807, 2.05) is 19.0 Å². The van der Waals surface area contributed by atoms with E-state index in [9.17, 15) is 4.79 Å². The van der Waals surface area contributed by atoms with Crippen LogP contribution in [-0.2, 0) is 9.53 Å². The van der Waals surface area contributed by atoms with Crippen LogP contribution in [0.3, 0.4) is 0 Å². The molecule has 0 N–H and O–H groups in total. The Morgan fingerprint density at radius 1 is 1.42 bits per heavy atom. The SMILES string of the molecule is CN(C)C1CC2CCC(O2)C1=O. The molecule has 12 heavy (non-hydrogen) atoms. The summed E-state index contributed by atoms with van der Waals surface area (Å²) in [5.74, 6) is 0.286. The van der Waals surface area contributed by atoms with E-state index in [0.29, 0.717) is 6.10 Å². The lowest BCUT2D eigenvalue weighted by molar-refractivity contribution is -0.142. The summed E-state index contributed by atoms with van der Waals surface area (Å²) in [5, 5.41) is 0. The summed E-state index contributed by atoms with van der Waals surface area (Å²) < 4.78 is 5.51. The first-order chi connectivity index (χ1) is 5.68. The van der Waals surface area contributed by atoms with Crippen LogP contribution < -0.4 is 0 Å². The third-order valence-electron chi connectivity index (χ3n) is 2.86. The Morgan fingerprint density at radius 2 is 2.17 bits per heavy atom. The van der Waals surface area contributed by atoms with Crippen LogP contribution >= 0.6 is 0 Å². The Morgan fingerprint density at radius 3 is 2.83 bits per heavy atom. The summed E-state index contributed by atoms with van der Waals surface area (Å²) in [6.07, 6.45) is 3.16. The van der Waals surface area contributed by atoms with Crippen molar-refractivity contribution < 1.29 is 9.53 Å². The summed E-state index contributed by atoms with van der Waals surface area (Å²) >= 11 is 0. The molecule has 68 valence electrons. The molecule has 0 radical (unpaired) electrons. The lowest BCUT2D eigenvalue weighted by Crippen LogP contribution is -2.46. The molecular formula is C9H15NO2. The highest BCUT2D eigenvalue weighted by atomic mass is 16.5. The molecule has 3 unspecified atom stereocenters. The number of ether oxygens (including phenoxy) is 1. The van der Waals surface area contributed by atoms with Crippen LogP contribution in [0, 0.1) is 0 Å². The third-order valence-corrected chi connectivity index (χ3v) is 2.86. The maximum absolute atomic E-state index is 11.7. The highest BCUT2D eigenvalue weighted by Crippen LogP contribution is 2.31. The van der Waals surface area contributed by atoms with Crippen LogP contribution in [0.2, 0.25) is 0 Å². The number of ketones is 1. The monoisotopic (exact) mass is 169 g/mol. The zero-order chi connectivity index (χ0) is 8.72. The van der Waals surface area contributed by atoms with Gasteiger partial charge < -0.3 is 4.74 Å². The molecule has 2 rings (SSSR count). The van der Waals surface area contributed by atoms with E-state index in [-0.39, 0.29) is 17.9 Å². The molecule has 2 heterocycles. The highest BCUT2D eigenvalue weighted by molar-refractivity contribution is 5.89. The molecule has 3 nitrogen and oxygen atoms in total. The maximum Gasteiger partial charge on any atom is 0.178 e. The molecule has 2 bridgehead atoms. The molecule has 0 amide bonds. The average Bonchev–Trinajstić information content (AvgIpc) is 2.41. The highest BCUT2D eigenvalue weighted by Gasteiger charge is 2.42. The van der Waals surface area contributed by atoms with Gasteiger partial charge >= 0.3 is 0 Å². The minimum absolute atomic E-state index is 0.0869. The van der Waals surface area contributed by atoms with Crippen molar-refractivity contribution >= 4 is 5.78 Å². The van der Waals surface area contributed by atoms with E-state index < -0.39 is 0 Å². The van der Waals surface area contributed by atoms with Crippen LogP contribution in [0.4, 0.5) is 0 Å². The van der Waals surface area contributed by atoms with Gasteiger partial charge in [-0.25, -0.2) is 0 Å². The Hall–Kier alpha value is -0.410. The van der Waals surface area contributed by atoms with E-state index in [4.69, 9.17) is 4.74 Å². The van der Waals surface area contributed by atoms with Gasteiger partial charge in [0.25, 0.3) is 0 Å². The molecule has 0 aromatic rings. The first-order valence-corrected chi connectivity index (χ1v) is 4.54. The summed E-state index contributed by atoms with van der Waals surface area (Å²) in [7, 11) is 3.93. The predicted octanol–water partition coefficient (Wildman–Crippen LogP) is 0.437. The number of Topliss-reactive ketones (excluding diaryl/α,β-unsaturated/α-hetero) is 1. The van der Waals surface area contributed by atoms with Gasteiger partial charge in [0, 0.05) is 0 Å². The Kier molecular flexibility index (Phi) is 1.93. The lowest BCUT2D eigenvalue weighted by Gasteiger charge is -2.31. The Labute approximate surface area is 72.7 Å². The summed E-state index contributed by atoms with van der Waals surface area (Å²) in [6, 6.07) is 0.108. The molecule has 0 aromatic carbocycles. The predicted molar refractivity (Wildman–Crippen MR) is 45.0 cm³/mol. The number of likely N-dealkylation sites (N-methyl/N-ethyl adjacent to an activating group) is 1. The van der Waals surface area contributed by atoms with E-state index in [1.165, 1.54) is 0 Å². The van der Waals surface area contributed by atoms with E-state index >= 15 is 0 Å². The van der Waals surface area contributed by atoms with E-state index in [0.717, 1.165) is 19.3 Å². The third kappa shape index (κ3) is 1.17. The van der Waals surface area contributed by atoms with E-state index in [2.05, 4.69) is 0 Å². The topological polar surface area (TPSA) is 29.5 Å². The maximum atomic E-state index is 11.7. The van der Waals surface area contributed by atoms with Crippen molar-refractivity contribution in [3.05, 3.63) is 0 Å². The minimum atomic E-state index is -0.0869. The Balaban J connectivity index is 2.13. The molecule has 2 aliphatic heterocycles. The number of hydrogen-bond donors (Lipinski definition) is 0. The van der Waals surface area contributed by atoms with Crippen molar-refractivity contribution in [2.45, 2.75) is 37.5 Å². The van der Waals surface area contributed by atoms with E-state index in [1.54, 1.807) is 0 Å². The smallest absolute Gasteiger partial charge is 0.178 e. The number of hydrogen-bond acceptors (Lipinski definition) is 3. The molecule has 0 saturated carbocycles. The van der Waals surface area contributed by atoms with Gasteiger partial charge in [-0.3, -0.25) is 9.69 Å². The van der Waals surface area contributed by atoms with Gasteiger partial charge in [0.1, 0.15) is 6.10 Å². The molecule has 2 saturated heterocycles. The van der Waals surface area contributed by atoms with Crippen molar-refractivity contribution in [1.82, 2.24) is 4.90 Å². The first kappa shape index (κ1) is 8.20. The van der Waals surface area contributed by atoms with Gasteiger partial charge in [-0.15, -0.1) is 0 Å². The molecule has 0 aliphatic carbocycles. The van der Waals surface area contributed by atoms with Gasteiger partial charge in [0.15, 0.2) is 5.78 Å². The van der Waals surface area contributed by atoms with Crippen molar-refractivity contribution in [3.8, 4) is 0 Å². The number of carbonyl (C=O) groups excluding carboxylic acids is 1. The van der Waals surface area contributed by atoms with Crippen LogP contribution in [-0.4, -0.2) is 43.0 Å². The van der Waals surface area contributed by atoms with Crippen molar-refractivity contribution in [1.29, 1.82) is 0 Å². The number of rotatable bonds is 1. The fraction of sp³-hybridized carbons (Fsp3) is 0.889. The molecule has 0 spiro atoms. The number of carbonyl (C=O) groups is 1. The fourth-order valence-electron chi connectivity index (χ4n) is 2.13. The summed E-state index contributed by atoms with van der Waals surface area (Å²) in [5.41, 5.74) is 0. The van der Waals surface area contributed by atoms with Crippen LogP contribution in [0.1, 0.15) is 19.3 Å². The average molecular weight is 169 g/mol. The van der Waals surface area contributed by atoms with Gasteiger partial charge in [-0.2, -0.15) is 0 Å². The summed E-state index contributed by atoms with van der Waals surface area (Å²) in [6.45, 7) is 0. The minimum Gasteiger partial charge on any atom is -0.367 e. The van der Waals surface area contributed by atoms with Crippen LogP contribution in [0.15, 0.2) is 0 Å². The second-order valence-electron chi connectivity index (χ2n) is 3.94. The quantitative estimate of drug-likeness (QED) is 0.570. The van der Waals surface area contributed by atoms with Crippen molar-refractivity contribution in [2.24, 2.45) is 0 Å². The van der Waals surface area contributed by atoms with Crippen molar-refractivity contribution in [3.63, 3.8) is 0 Å². The second-order valence-corrected chi connectivity index (χ2v) is 3.94.